The van der Waals surface area contributed by atoms with Crippen LogP contribution in [0.3, 0.4) is 0 Å². The van der Waals surface area contributed by atoms with E-state index in [9.17, 15) is 9.59 Å². The van der Waals surface area contributed by atoms with Gasteiger partial charge in [-0.3, -0.25) is 10.1 Å². The second-order valence-corrected chi connectivity index (χ2v) is 6.38. The predicted octanol–water partition coefficient (Wildman–Crippen LogP) is 0.894. The standard InChI is InChI=1S/C13H21N5O3S/c1-2-3-9-17-18-12(22-9)16-11(20)15-8-13(10(14)19)4-6-21-7-5-13/h2-8H2,1H3,(H2,14,19)(H2,15,16,18,20). The molecular weight excluding hydrogens is 306 g/mol. The van der Waals surface area contributed by atoms with Gasteiger partial charge < -0.3 is 15.8 Å². The Morgan fingerprint density at radius 3 is 2.73 bits per heavy atom. The van der Waals surface area contributed by atoms with Crippen molar-refractivity contribution in [2.45, 2.75) is 32.6 Å². The normalized spacial score (nSPS) is 17.0. The lowest BCUT2D eigenvalue weighted by molar-refractivity contribution is -0.132. The van der Waals surface area contributed by atoms with E-state index in [0.717, 1.165) is 17.8 Å². The number of carbonyl (C=O) groups excluding carboxylic acids is 2. The van der Waals surface area contributed by atoms with Gasteiger partial charge in [0.2, 0.25) is 11.0 Å². The molecule has 1 fully saturated rings. The van der Waals surface area contributed by atoms with Crippen molar-refractivity contribution >= 4 is 28.4 Å². The number of primary amides is 1. The minimum atomic E-state index is -0.732. The molecule has 0 unspecified atom stereocenters. The van der Waals surface area contributed by atoms with Crippen molar-refractivity contribution in [2.75, 3.05) is 25.1 Å². The molecule has 1 aliphatic rings. The van der Waals surface area contributed by atoms with Crippen molar-refractivity contribution in [1.29, 1.82) is 0 Å². The van der Waals surface area contributed by atoms with Gasteiger partial charge >= 0.3 is 6.03 Å². The summed E-state index contributed by atoms with van der Waals surface area (Å²) in [7, 11) is 0. The summed E-state index contributed by atoms with van der Waals surface area (Å²) >= 11 is 1.35. The lowest BCUT2D eigenvalue weighted by Crippen LogP contribution is -2.50. The Morgan fingerprint density at radius 2 is 2.09 bits per heavy atom. The summed E-state index contributed by atoms with van der Waals surface area (Å²) < 4.78 is 5.25. The molecule has 0 spiro atoms. The largest absolute Gasteiger partial charge is 0.381 e. The van der Waals surface area contributed by atoms with E-state index in [1.165, 1.54) is 11.3 Å². The molecule has 0 saturated carbocycles. The number of anilines is 1. The highest BCUT2D eigenvalue weighted by atomic mass is 32.1. The molecule has 9 heteroatoms. The van der Waals surface area contributed by atoms with E-state index in [0.29, 0.717) is 31.2 Å². The lowest BCUT2D eigenvalue weighted by Gasteiger charge is -2.34. The molecule has 122 valence electrons. The molecule has 2 rings (SSSR count). The zero-order valence-electron chi connectivity index (χ0n) is 12.6. The number of ether oxygens (including phenoxy) is 1. The van der Waals surface area contributed by atoms with Gasteiger partial charge in [0.15, 0.2) is 0 Å². The summed E-state index contributed by atoms with van der Waals surface area (Å²) in [5, 5.41) is 14.5. The number of hydrogen-bond acceptors (Lipinski definition) is 6. The lowest BCUT2D eigenvalue weighted by atomic mass is 9.79. The fourth-order valence-corrected chi connectivity index (χ4v) is 3.12. The van der Waals surface area contributed by atoms with Gasteiger partial charge in [0.25, 0.3) is 0 Å². The van der Waals surface area contributed by atoms with Gasteiger partial charge in [-0.2, -0.15) is 0 Å². The van der Waals surface area contributed by atoms with Crippen LogP contribution < -0.4 is 16.4 Å². The van der Waals surface area contributed by atoms with Crippen LogP contribution >= 0.6 is 11.3 Å². The third kappa shape index (κ3) is 4.14. The van der Waals surface area contributed by atoms with Crippen LogP contribution in [-0.2, 0) is 16.0 Å². The number of aryl methyl sites for hydroxylation is 1. The van der Waals surface area contributed by atoms with Crippen LogP contribution in [0, 0.1) is 5.41 Å². The average molecular weight is 327 g/mol. The van der Waals surface area contributed by atoms with E-state index in [1.54, 1.807) is 0 Å². The Labute approximate surface area is 132 Å². The maximum Gasteiger partial charge on any atom is 0.321 e. The number of aromatic nitrogens is 2. The van der Waals surface area contributed by atoms with Crippen molar-refractivity contribution in [3.8, 4) is 0 Å². The van der Waals surface area contributed by atoms with E-state index >= 15 is 0 Å². The monoisotopic (exact) mass is 327 g/mol. The number of hydrogen-bond donors (Lipinski definition) is 3. The SMILES string of the molecule is CCCc1nnc(NC(=O)NCC2(C(N)=O)CCOCC2)s1. The van der Waals surface area contributed by atoms with E-state index in [4.69, 9.17) is 10.5 Å². The molecule has 1 aromatic heterocycles. The first-order valence-electron chi connectivity index (χ1n) is 7.30. The maximum absolute atomic E-state index is 11.9. The Morgan fingerprint density at radius 1 is 1.36 bits per heavy atom. The first-order valence-corrected chi connectivity index (χ1v) is 8.12. The molecule has 0 aliphatic carbocycles. The number of nitrogens with zero attached hydrogens (tertiary/aromatic N) is 2. The average Bonchev–Trinajstić information content (AvgIpc) is 2.93. The Hall–Kier alpha value is -1.74. The first kappa shape index (κ1) is 16.6. The molecular formula is C13H21N5O3S. The molecule has 0 atom stereocenters. The number of nitrogens with one attached hydrogen (secondary N) is 2. The van der Waals surface area contributed by atoms with Crippen LogP contribution in [0.5, 0.6) is 0 Å². The number of amides is 3. The van der Waals surface area contributed by atoms with Crippen molar-refractivity contribution < 1.29 is 14.3 Å². The van der Waals surface area contributed by atoms with Crippen LogP contribution in [0.4, 0.5) is 9.93 Å². The molecule has 3 amide bonds. The van der Waals surface area contributed by atoms with Gasteiger partial charge in [-0.1, -0.05) is 18.3 Å². The number of nitrogens with two attached hydrogens (primary N) is 1. The topological polar surface area (TPSA) is 119 Å². The number of rotatable bonds is 6. The summed E-state index contributed by atoms with van der Waals surface area (Å²) in [6.45, 7) is 3.20. The van der Waals surface area contributed by atoms with Gasteiger partial charge in [-0.15, -0.1) is 10.2 Å². The first-order chi connectivity index (χ1) is 10.6. The molecule has 1 aromatic rings. The van der Waals surface area contributed by atoms with Crippen LogP contribution in [0.2, 0.25) is 0 Å². The second-order valence-electron chi connectivity index (χ2n) is 5.32. The minimum Gasteiger partial charge on any atom is -0.381 e. The van der Waals surface area contributed by atoms with Crippen molar-refractivity contribution in [3.63, 3.8) is 0 Å². The van der Waals surface area contributed by atoms with Gasteiger partial charge in [-0.05, 0) is 19.3 Å². The predicted molar refractivity (Wildman–Crippen MR) is 82.6 cm³/mol. The highest BCUT2D eigenvalue weighted by Crippen LogP contribution is 2.29. The fraction of sp³-hybridized carbons (Fsp3) is 0.692. The minimum absolute atomic E-state index is 0.193. The third-order valence-electron chi connectivity index (χ3n) is 3.71. The Kier molecular flexibility index (Phi) is 5.67. The van der Waals surface area contributed by atoms with E-state index in [1.807, 2.05) is 0 Å². The van der Waals surface area contributed by atoms with Crippen molar-refractivity contribution in [1.82, 2.24) is 15.5 Å². The Bertz CT molecular complexity index is 528. The molecule has 8 nitrogen and oxygen atoms in total. The molecule has 2 heterocycles. The van der Waals surface area contributed by atoms with Gasteiger partial charge in [0.05, 0.1) is 5.41 Å². The molecule has 4 N–H and O–H groups in total. The van der Waals surface area contributed by atoms with Crippen LogP contribution in [-0.4, -0.2) is 41.9 Å². The molecule has 1 saturated heterocycles. The number of urea groups is 1. The summed E-state index contributed by atoms with van der Waals surface area (Å²) in [5.41, 5.74) is 4.76. The summed E-state index contributed by atoms with van der Waals surface area (Å²) in [6, 6.07) is -0.411. The highest BCUT2D eigenvalue weighted by molar-refractivity contribution is 7.15. The number of carbonyl (C=O) groups is 2. The summed E-state index contributed by atoms with van der Waals surface area (Å²) in [6.07, 6.45) is 2.85. The second kappa shape index (κ2) is 7.50. The molecule has 22 heavy (non-hydrogen) atoms. The molecule has 0 aromatic carbocycles. The maximum atomic E-state index is 11.9. The van der Waals surface area contributed by atoms with E-state index in [-0.39, 0.29) is 6.54 Å². The quantitative estimate of drug-likeness (QED) is 0.717. The summed E-state index contributed by atoms with van der Waals surface area (Å²) in [4.78, 5) is 23.6. The van der Waals surface area contributed by atoms with Crippen LogP contribution in [0.15, 0.2) is 0 Å². The molecule has 0 bridgehead atoms. The molecule has 0 radical (unpaired) electrons. The summed E-state index contributed by atoms with van der Waals surface area (Å²) in [5.74, 6) is -0.405. The van der Waals surface area contributed by atoms with Crippen molar-refractivity contribution in [3.05, 3.63) is 5.01 Å². The van der Waals surface area contributed by atoms with E-state index < -0.39 is 17.4 Å². The third-order valence-corrected chi connectivity index (χ3v) is 4.61. The van der Waals surface area contributed by atoms with Crippen molar-refractivity contribution in [2.24, 2.45) is 11.1 Å². The smallest absolute Gasteiger partial charge is 0.321 e. The van der Waals surface area contributed by atoms with Gasteiger partial charge in [0.1, 0.15) is 5.01 Å². The van der Waals surface area contributed by atoms with Crippen LogP contribution in [0.25, 0.3) is 0 Å². The Balaban J connectivity index is 1.86. The highest BCUT2D eigenvalue weighted by Gasteiger charge is 2.38. The van der Waals surface area contributed by atoms with E-state index in [2.05, 4.69) is 27.8 Å². The molecule has 1 aliphatic heterocycles. The van der Waals surface area contributed by atoms with Gasteiger partial charge in [0, 0.05) is 26.2 Å². The van der Waals surface area contributed by atoms with Gasteiger partial charge in [-0.25, -0.2) is 4.79 Å². The van der Waals surface area contributed by atoms with Crippen LogP contribution in [0.1, 0.15) is 31.2 Å². The fourth-order valence-electron chi connectivity index (χ4n) is 2.28. The zero-order chi connectivity index (χ0) is 16.0. The zero-order valence-corrected chi connectivity index (χ0v) is 13.4.